The van der Waals surface area contributed by atoms with E-state index in [1.807, 2.05) is 0 Å². The number of ether oxygens (including phenoxy) is 1. The topological polar surface area (TPSA) is 84.1 Å². The molecule has 9 heteroatoms. The second-order valence-electron chi connectivity index (χ2n) is 8.05. The molecule has 0 radical (unpaired) electrons. The van der Waals surface area contributed by atoms with Gasteiger partial charge in [0.2, 0.25) is 10.0 Å². The molecule has 0 saturated heterocycles. The van der Waals surface area contributed by atoms with E-state index in [4.69, 9.17) is 4.74 Å². The van der Waals surface area contributed by atoms with Crippen LogP contribution in [0.4, 0.5) is 8.78 Å². The monoisotopic (exact) mass is 401 g/mol. The van der Waals surface area contributed by atoms with Crippen molar-refractivity contribution in [2.24, 2.45) is 5.92 Å². The molecular weight excluding hydrogens is 376 g/mol. The number of halogens is 2. The molecule has 2 N–H and O–H groups in total. The Hall–Kier alpha value is -1.74. The number of aromatic nitrogens is 2. The average molecular weight is 401 g/mol. The Balaban J connectivity index is 1.53. The van der Waals surface area contributed by atoms with Crippen molar-refractivity contribution < 1.29 is 21.9 Å². The molecule has 1 aliphatic rings. The molecule has 1 fully saturated rings. The molecule has 0 amide bonds. The highest BCUT2D eigenvalue weighted by Crippen LogP contribution is 2.28. The number of benzene rings is 1. The van der Waals surface area contributed by atoms with E-state index in [-0.39, 0.29) is 18.0 Å². The Morgan fingerprint density at radius 1 is 1.19 bits per heavy atom. The van der Waals surface area contributed by atoms with Gasteiger partial charge in [-0.05, 0) is 52.4 Å². The number of H-pyrrole nitrogens is 1. The summed E-state index contributed by atoms with van der Waals surface area (Å²) in [5, 5.41) is 0. The van der Waals surface area contributed by atoms with Crippen LogP contribution in [0.2, 0.25) is 0 Å². The summed E-state index contributed by atoms with van der Waals surface area (Å²) in [6, 6.07) is 2.33. The maximum absolute atomic E-state index is 13.3. The summed E-state index contributed by atoms with van der Waals surface area (Å²) in [5.74, 6) is -1.62. The average Bonchev–Trinajstić information content (AvgIpc) is 2.94. The lowest BCUT2D eigenvalue weighted by atomic mass is 9.87. The minimum atomic E-state index is -3.34. The molecule has 2 aromatic rings. The van der Waals surface area contributed by atoms with Crippen molar-refractivity contribution >= 4 is 21.1 Å². The molecule has 6 nitrogen and oxygen atoms in total. The Morgan fingerprint density at radius 2 is 1.81 bits per heavy atom. The van der Waals surface area contributed by atoms with E-state index in [2.05, 4.69) is 14.7 Å². The number of rotatable bonds is 5. The second-order valence-corrected chi connectivity index (χ2v) is 10.6. The summed E-state index contributed by atoms with van der Waals surface area (Å²) in [7, 11) is -3.34. The summed E-state index contributed by atoms with van der Waals surface area (Å²) in [6.07, 6.45) is 3.14. The first kappa shape index (κ1) is 20.0. The zero-order chi connectivity index (χ0) is 19.8. The molecule has 0 aliphatic heterocycles. The Labute approximate surface area is 157 Å². The summed E-state index contributed by atoms with van der Waals surface area (Å²) >= 11 is 0. The van der Waals surface area contributed by atoms with Crippen LogP contribution in [0.15, 0.2) is 12.1 Å². The fourth-order valence-electron chi connectivity index (χ4n) is 3.09. The van der Waals surface area contributed by atoms with Gasteiger partial charge in [0.1, 0.15) is 6.10 Å². The first-order chi connectivity index (χ1) is 12.5. The number of sulfonamides is 1. The first-order valence-corrected chi connectivity index (χ1v) is 10.5. The molecular formula is C18H25F2N3O3S. The number of hydrogen-bond donors (Lipinski definition) is 2. The van der Waals surface area contributed by atoms with E-state index < -0.39 is 26.4 Å². The Morgan fingerprint density at radius 3 is 2.44 bits per heavy atom. The van der Waals surface area contributed by atoms with Crippen LogP contribution in [0, 0.1) is 17.6 Å². The van der Waals surface area contributed by atoms with Crippen molar-refractivity contribution in [3.8, 4) is 6.01 Å². The van der Waals surface area contributed by atoms with Gasteiger partial charge in [0, 0.05) is 18.7 Å². The van der Waals surface area contributed by atoms with Crippen LogP contribution in [-0.2, 0) is 10.0 Å². The van der Waals surface area contributed by atoms with Gasteiger partial charge in [-0.2, -0.15) is 4.98 Å². The van der Waals surface area contributed by atoms with Crippen LogP contribution >= 0.6 is 0 Å². The SMILES string of the molecule is CC(C)(C)S(=O)(=O)NCC1CCC(Oc2nc3cc(F)c(F)cc3[nH]2)CC1. The zero-order valence-corrected chi connectivity index (χ0v) is 16.5. The van der Waals surface area contributed by atoms with E-state index in [9.17, 15) is 17.2 Å². The van der Waals surface area contributed by atoms with E-state index in [0.29, 0.717) is 17.6 Å². The quantitative estimate of drug-likeness (QED) is 0.803. The van der Waals surface area contributed by atoms with E-state index in [1.165, 1.54) is 0 Å². The Kier molecular flexibility index (Phi) is 5.45. The van der Waals surface area contributed by atoms with Crippen LogP contribution in [-0.4, -0.2) is 35.8 Å². The maximum Gasteiger partial charge on any atom is 0.294 e. The number of aromatic amines is 1. The van der Waals surface area contributed by atoms with Crippen LogP contribution in [0.25, 0.3) is 11.0 Å². The van der Waals surface area contributed by atoms with Gasteiger partial charge >= 0.3 is 0 Å². The van der Waals surface area contributed by atoms with Gasteiger partial charge < -0.3 is 9.72 Å². The number of imidazole rings is 1. The number of fused-ring (bicyclic) bond motifs is 1. The highest BCUT2D eigenvalue weighted by molar-refractivity contribution is 7.90. The fraction of sp³-hybridized carbons (Fsp3) is 0.611. The molecule has 1 aromatic carbocycles. The minimum absolute atomic E-state index is 0.0595. The van der Waals surface area contributed by atoms with E-state index in [1.54, 1.807) is 20.8 Å². The highest BCUT2D eigenvalue weighted by atomic mass is 32.2. The molecule has 0 unspecified atom stereocenters. The third kappa shape index (κ3) is 4.57. The number of nitrogens with one attached hydrogen (secondary N) is 2. The van der Waals surface area contributed by atoms with Gasteiger partial charge in [-0.1, -0.05) is 0 Å². The predicted octanol–water partition coefficient (Wildman–Crippen LogP) is 3.50. The van der Waals surface area contributed by atoms with Gasteiger partial charge in [-0.25, -0.2) is 21.9 Å². The molecule has 1 heterocycles. The predicted molar refractivity (Wildman–Crippen MR) is 99.1 cm³/mol. The van der Waals surface area contributed by atoms with E-state index in [0.717, 1.165) is 37.8 Å². The smallest absolute Gasteiger partial charge is 0.294 e. The summed E-state index contributed by atoms with van der Waals surface area (Å²) in [5.41, 5.74) is 0.698. The van der Waals surface area contributed by atoms with Gasteiger partial charge in [-0.3, -0.25) is 0 Å². The summed E-state index contributed by atoms with van der Waals surface area (Å²) < 4.78 is 58.5. The lowest BCUT2D eigenvalue weighted by molar-refractivity contribution is 0.122. The number of hydrogen-bond acceptors (Lipinski definition) is 4. The van der Waals surface area contributed by atoms with Crippen molar-refractivity contribution in [3.05, 3.63) is 23.8 Å². The normalized spacial score (nSPS) is 21.5. The molecule has 1 aliphatic carbocycles. The standard InChI is InChI=1S/C18H25F2N3O3S/c1-18(2,3)27(24,25)21-10-11-4-6-12(7-5-11)26-17-22-15-8-13(19)14(20)9-16(15)23-17/h8-9,11-12,21H,4-7,10H2,1-3H3,(H,22,23). The maximum atomic E-state index is 13.3. The van der Waals surface area contributed by atoms with Crippen LogP contribution in [0.5, 0.6) is 6.01 Å². The molecule has 1 aromatic heterocycles. The van der Waals surface area contributed by atoms with E-state index >= 15 is 0 Å². The number of nitrogens with zero attached hydrogens (tertiary/aromatic N) is 1. The van der Waals surface area contributed by atoms with Crippen molar-refractivity contribution in [3.63, 3.8) is 0 Å². The molecule has 27 heavy (non-hydrogen) atoms. The van der Waals surface area contributed by atoms with Crippen LogP contribution in [0.3, 0.4) is 0 Å². The first-order valence-electron chi connectivity index (χ1n) is 9.06. The second kappa shape index (κ2) is 7.35. The van der Waals surface area contributed by atoms with Gasteiger partial charge in [0.25, 0.3) is 6.01 Å². The zero-order valence-electron chi connectivity index (χ0n) is 15.7. The Bertz CT molecular complexity index is 875. The van der Waals surface area contributed by atoms with Crippen molar-refractivity contribution in [1.82, 2.24) is 14.7 Å². The van der Waals surface area contributed by atoms with Crippen LogP contribution < -0.4 is 9.46 Å². The molecule has 150 valence electrons. The van der Waals surface area contributed by atoms with Crippen molar-refractivity contribution in [2.75, 3.05) is 6.54 Å². The lowest BCUT2D eigenvalue weighted by Crippen LogP contribution is -2.42. The minimum Gasteiger partial charge on any atom is -0.461 e. The molecule has 0 bridgehead atoms. The molecule has 0 spiro atoms. The van der Waals surface area contributed by atoms with Crippen molar-refractivity contribution in [1.29, 1.82) is 0 Å². The summed E-state index contributed by atoms with van der Waals surface area (Å²) in [6.45, 7) is 5.44. The molecule has 1 saturated carbocycles. The van der Waals surface area contributed by atoms with Gasteiger partial charge in [-0.15, -0.1) is 0 Å². The third-order valence-corrected chi connectivity index (χ3v) is 7.10. The third-order valence-electron chi connectivity index (χ3n) is 4.94. The highest BCUT2D eigenvalue weighted by Gasteiger charge is 2.30. The fourth-order valence-corrected chi connectivity index (χ4v) is 3.98. The summed E-state index contributed by atoms with van der Waals surface area (Å²) in [4.78, 5) is 7.00. The van der Waals surface area contributed by atoms with Gasteiger partial charge in [0.15, 0.2) is 11.6 Å². The lowest BCUT2D eigenvalue weighted by Gasteiger charge is -2.29. The largest absolute Gasteiger partial charge is 0.461 e. The van der Waals surface area contributed by atoms with Gasteiger partial charge in [0.05, 0.1) is 15.8 Å². The molecule has 3 rings (SSSR count). The van der Waals surface area contributed by atoms with Crippen molar-refractivity contribution in [2.45, 2.75) is 57.3 Å². The molecule has 0 atom stereocenters. The van der Waals surface area contributed by atoms with Crippen LogP contribution in [0.1, 0.15) is 46.5 Å².